The molecule has 2 aliphatic heterocycles. The average molecular weight is 545 g/mol. The highest BCUT2D eigenvalue weighted by atomic mass is 16.6. The summed E-state index contributed by atoms with van der Waals surface area (Å²) >= 11 is 0. The van der Waals surface area contributed by atoms with E-state index in [1.807, 2.05) is 0 Å². The largest absolute Gasteiger partial charge is 0.461 e. The van der Waals surface area contributed by atoms with E-state index in [9.17, 15) is 19.2 Å². The smallest absolute Gasteiger partial charge is 0.329 e. The number of ether oxygens (including phenoxy) is 3. The fraction of sp³-hybridized carbons (Fsp3) is 0.667. The van der Waals surface area contributed by atoms with E-state index >= 15 is 0 Å². The molecule has 0 bridgehead atoms. The fourth-order valence-electron chi connectivity index (χ4n) is 4.96. The molecule has 2 unspecified atom stereocenters. The molecule has 1 aromatic carbocycles. The second-order valence-corrected chi connectivity index (χ2v) is 11.6. The van der Waals surface area contributed by atoms with Crippen LogP contribution in [-0.4, -0.2) is 60.0 Å². The minimum atomic E-state index is -0.915. The Balaban J connectivity index is 1.80. The predicted molar refractivity (Wildman–Crippen MR) is 146 cm³/mol. The van der Waals surface area contributed by atoms with E-state index in [0.717, 1.165) is 32.4 Å². The van der Waals surface area contributed by atoms with Crippen LogP contribution >= 0.6 is 0 Å². The van der Waals surface area contributed by atoms with Crippen molar-refractivity contribution >= 4 is 23.8 Å². The van der Waals surface area contributed by atoms with Gasteiger partial charge in [-0.15, -0.1) is 0 Å². The number of carbonyl (C=O) groups is 4. The maximum atomic E-state index is 13.3. The van der Waals surface area contributed by atoms with Crippen molar-refractivity contribution in [3.63, 3.8) is 0 Å². The molecule has 0 aliphatic carbocycles. The molecule has 216 valence electrons. The van der Waals surface area contributed by atoms with E-state index < -0.39 is 29.9 Å². The third-order valence-corrected chi connectivity index (χ3v) is 7.21. The number of esters is 3. The molecule has 0 radical (unpaired) electrons. The van der Waals surface area contributed by atoms with E-state index in [2.05, 4.69) is 10.2 Å². The van der Waals surface area contributed by atoms with Crippen molar-refractivity contribution in [1.82, 2.24) is 10.2 Å². The number of benzene rings is 1. The van der Waals surface area contributed by atoms with E-state index in [-0.39, 0.29) is 41.8 Å². The third-order valence-electron chi connectivity index (χ3n) is 7.21. The van der Waals surface area contributed by atoms with Crippen LogP contribution in [0, 0.1) is 17.8 Å². The molecule has 9 heteroatoms. The monoisotopic (exact) mass is 544 g/mol. The van der Waals surface area contributed by atoms with Crippen molar-refractivity contribution in [3.05, 3.63) is 23.8 Å². The summed E-state index contributed by atoms with van der Waals surface area (Å²) in [6, 6.07) is 4.32. The van der Waals surface area contributed by atoms with Crippen molar-refractivity contribution in [3.8, 4) is 11.5 Å². The topological polar surface area (TPSA) is 111 Å². The Labute approximate surface area is 231 Å². The van der Waals surface area contributed by atoms with Gasteiger partial charge < -0.3 is 24.4 Å². The van der Waals surface area contributed by atoms with Gasteiger partial charge in [0, 0.05) is 18.4 Å². The van der Waals surface area contributed by atoms with Gasteiger partial charge in [-0.05, 0) is 70.3 Å². The molecule has 3 atom stereocenters. The molecular formula is C30H44N2O7. The SMILES string of the molecule is CC(C)OC(=O)[C@H](Cc1ccc(OC(=O)C(C)C)c(OC(=O)C(C)C)c1)NC(=O)C1CCN2CCCCC2C1. The van der Waals surface area contributed by atoms with Gasteiger partial charge in [-0.3, -0.25) is 14.4 Å². The molecule has 1 N–H and O–H groups in total. The molecule has 2 heterocycles. The van der Waals surface area contributed by atoms with Crippen LogP contribution in [0.15, 0.2) is 18.2 Å². The lowest BCUT2D eigenvalue weighted by Gasteiger charge is -2.42. The van der Waals surface area contributed by atoms with Crippen molar-refractivity contribution in [2.45, 2.75) is 98.3 Å². The van der Waals surface area contributed by atoms with Crippen LogP contribution in [0.25, 0.3) is 0 Å². The second kappa shape index (κ2) is 13.9. The first-order valence-corrected chi connectivity index (χ1v) is 14.3. The number of nitrogens with one attached hydrogen (secondary N) is 1. The minimum Gasteiger partial charge on any atom is -0.461 e. The first-order valence-electron chi connectivity index (χ1n) is 14.3. The number of fused-ring (bicyclic) bond motifs is 1. The molecule has 2 saturated heterocycles. The van der Waals surface area contributed by atoms with E-state index in [1.165, 1.54) is 12.8 Å². The van der Waals surface area contributed by atoms with Crippen LogP contribution in [0.2, 0.25) is 0 Å². The average Bonchev–Trinajstić information content (AvgIpc) is 2.88. The van der Waals surface area contributed by atoms with Gasteiger partial charge in [-0.2, -0.15) is 0 Å². The van der Waals surface area contributed by atoms with Crippen molar-refractivity contribution in [2.24, 2.45) is 17.8 Å². The summed E-state index contributed by atoms with van der Waals surface area (Å²) in [5.41, 5.74) is 0.624. The summed E-state index contributed by atoms with van der Waals surface area (Å²) in [6.45, 7) is 12.3. The van der Waals surface area contributed by atoms with Gasteiger partial charge in [0.05, 0.1) is 17.9 Å². The van der Waals surface area contributed by atoms with Gasteiger partial charge in [0.1, 0.15) is 6.04 Å². The van der Waals surface area contributed by atoms with Gasteiger partial charge in [0.2, 0.25) is 5.91 Å². The zero-order valence-electron chi connectivity index (χ0n) is 24.2. The van der Waals surface area contributed by atoms with Gasteiger partial charge in [-0.1, -0.05) is 40.2 Å². The Morgan fingerprint density at radius 3 is 2.18 bits per heavy atom. The standard InChI is InChI=1S/C30H44N2O7/c1-18(2)28(34)38-25-11-10-21(16-26(25)39-29(35)19(3)4)15-24(30(36)37-20(5)6)31-27(33)22-12-14-32-13-8-7-9-23(32)17-22/h10-11,16,18-20,22-24H,7-9,12-15,17H2,1-6H3,(H,31,33)/t22?,23?,24-/m0/s1. The number of nitrogens with zero attached hydrogens (tertiary/aromatic N) is 1. The first-order chi connectivity index (χ1) is 18.4. The summed E-state index contributed by atoms with van der Waals surface area (Å²) in [5.74, 6) is -2.31. The third kappa shape index (κ3) is 8.78. The maximum Gasteiger partial charge on any atom is 0.329 e. The van der Waals surface area contributed by atoms with Crippen molar-refractivity contribution in [1.29, 1.82) is 0 Å². The minimum absolute atomic E-state index is 0.0900. The van der Waals surface area contributed by atoms with Crippen LogP contribution in [0.1, 0.15) is 79.2 Å². The van der Waals surface area contributed by atoms with Crippen LogP contribution in [0.5, 0.6) is 11.5 Å². The predicted octanol–water partition coefficient (Wildman–Crippen LogP) is 4.05. The molecular weight excluding hydrogens is 500 g/mol. The summed E-state index contributed by atoms with van der Waals surface area (Å²) in [4.78, 5) is 53.4. The van der Waals surface area contributed by atoms with Crippen LogP contribution in [-0.2, 0) is 30.3 Å². The fourth-order valence-corrected chi connectivity index (χ4v) is 4.96. The Kier molecular flexibility index (Phi) is 10.9. The quantitative estimate of drug-likeness (QED) is 0.347. The summed E-state index contributed by atoms with van der Waals surface area (Å²) in [7, 11) is 0. The molecule has 0 spiro atoms. The van der Waals surface area contributed by atoms with E-state index in [0.29, 0.717) is 11.6 Å². The van der Waals surface area contributed by atoms with Gasteiger partial charge in [0.25, 0.3) is 0 Å². The highest BCUT2D eigenvalue weighted by Crippen LogP contribution is 2.32. The number of hydrogen-bond acceptors (Lipinski definition) is 8. The molecule has 0 saturated carbocycles. The Morgan fingerprint density at radius 1 is 0.872 bits per heavy atom. The number of carbonyl (C=O) groups excluding carboxylic acids is 4. The lowest BCUT2D eigenvalue weighted by Crippen LogP contribution is -2.51. The summed E-state index contributed by atoms with van der Waals surface area (Å²) in [6.07, 6.45) is 4.84. The zero-order chi connectivity index (χ0) is 28.7. The van der Waals surface area contributed by atoms with E-state index in [4.69, 9.17) is 14.2 Å². The zero-order valence-corrected chi connectivity index (χ0v) is 24.2. The first kappa shape index (κ1) is 30.6. The molecule has 1 amide bonds. The Bertz CT molecular complexity index is 1040. The lowest BCUT2D eigenvalue weighted by molar-refractivity contribution is -0.152. The summed E-state index contributed by atoms with van der Waals surface area (Å²) in [5, 5.41) is 2.95. The van der Waals surface area contributed by atoms with Crippen molar-refractivity contribution < 1.29 is 33.4 Å². The van der Waals surface area contributed by atoms with Crippen LogP contribution in [0.3, 0.4) is 0 Å². The second-order valence-electron chi connectivity index (χ2n) is 11.6. The number of hydrogen-bond donors (Lipinski definition) is 1. The Morgan fingerprint density at radius 2 is 1.54 bits per heavy atom. The molecule has 9 nitrogen and oxygen atoms in total. The van der Waals surface area contributed by atoms with Gasteiger partial charge in [-0.25, -0.2) is 4.79 Å². The number of piperidine rings is 2. The van der Waals surface area contributed by atoms with E-state index in [1.54, 1.807) is 59.7 Å². The molecule has 1 aromatic rings. The number of amides is 1. The molecule has 39 heavy (non-hydrogen) atoms. The molecule has 2 aliphatic rings. The highest BCUT2D eigenvalue weighted by molar-refractivity contribution is 5.86. The molecule has 0 aromatic heterocycles. The lowest BCUT2D eigenvalue weighted by atomic mass is 9.85. The van der Waals surface area contributed by atoms with Crippen LogP contribution in [0.4, 0.5) is 0 Å². The molecule has 2 fully saturated rings. The maximum absolute atomic E-state index is 13.3. The van der Waals surface area contributed by atoms with Gasteiger partial charge in [0.15, 0.2) is 11.5 Å². The van der Waals surface area contributed by atoms with Crippen molar-refractivity contribution in [2.75, 3.05) is 13.1 Å². The van der Waals surface area contributed by atoms with Crippen LogP contribution < -0.4 is 14.8 Å². The normalized spacial score (nSPS) is 20.3. The Hall–Kier alpha value is -2.94. The highest BCUT2D eigenvalue weighted by Gasteiger charge is 2.35. The summed E-state index contributed by atoms with van der Waals surface area (Å²) < 4.78 is 16.5. The molecule has 3 rings (SSSR count). The number of rotatable bonds is 10. The van der Waals surface area contributed by atoms with Gasteiger partial charge >= 0.3 is 17.9 Å².